The number of benzene rings is 3. The molecule has 0 aliphatic carbocycles. The molecule has 0 fully saturated rings. The van der Waals surface area contributed by atoms with E-state index >= 15 is 0 Å². The van der Waals surface area contributed by atoms with E-state index in [0.29, 0.717) is 28.1 Å². The van der Waals surface area contributed by atoms with E-state index in [4.69, 9.17) is 16.0 Å². The molecule has 0 aliphatic heterocycles. The van der Waals surface area contributed by atoms with Gasteiger partial charge in [-0.3, -0.25) is 4.79 Å². The summed E-state index contributed by atoms with van der Waals surface area (Å²) in [7, 11) is 0. The Hall–Kier alpha value is -3.11. The van der Waals surface area contributed by atoms with E-state index in [0.717, 1.165) is 34.2 Å². The monoisotopic (exact) mass is 432 g/mol. The van der Waals surface area contributed by atoms with Crippen molar-refractivity contribution in [2.24, 2.45) is 0 Å². The first kappa shape index (κ1) is 21.1. The molecule has 0 saturated heterocycles. The highest BCUT2D eigenvalue weighted by molar-refractivity contribution is 6.34. The molecule has 0 radical (unpaired) electrons. The highest BCUT2D eigenvalue weighted by Crippen LogP contribution is 2.32. The number of halogens is 1. The standard InChI is InChI=1S/C26H25ClN2O2/c1-5-17(4)18-7-9-24-23(13-18)29-26(31-24)19-6-8-21(27)22(14-19)28-25(30)20-11-15(2)10-16(3)12-20/h6-14,17H,5H2,1-4H3,(H,28,30)/t17-/m1/s1. The molecule has 0 bridgehead atoms. The molecule has 4 rings (SSSR count). The molecule has 1 heterocycles. The number of aromatic nitrogens is 1. The van der Waals surface area contributed by atoms with E-state index in [2.05, 4.69) is 36.3 Å². The van der Waals surface area contributed by atoms with Crippen molar-refractivity contribution in [3.63, 3.8) is 0 Å². The average molecular weight is 433 g/mol. The molecule has 3 aromatic carbocycles. The zero-order valence-corrected chi connectivity index (χ0v) is 18.9. The first-order valence-electron chi connectivity index (χ1n) is 10.4. The summed E-state index contributed by atoms with van der Waals surface area (Å²) in [6.07, 6.45) is 1.07. The summed E-state index contributed by atoms with van der Waals surface area (Å²) in [5, 5.41) is 3.37. The van der Waals surface area contributed by atoms with Gasteiger partial charge in [0.2, 0.25) is 5.89 Å². The lowest BCUT2D eigenvalue weighted by molar-refractivity contribution is 0.102. The number of rotatable bonds is 5. The fourth-order valence-electron chi connectivity index (χ4n) is 3.66. The molecule has 0 unspecified atom stereocenters. The minimum atomic E-state index is -0.207. The van der Waals surface area contributed by atoms with Crippen molar-refractivity contribution >= 4 is 34.3 Å². The van der Waals surface area contributed by atoms with Gasteiger partial charge in [-0.15, -0.1) is 0 Å². The van der Waals surface area contributed by atoms with Gasteiger partial charge in [-0.05, 0) is 74.2 Å². The topological polar surface area (TPSA) is 55.1 Å². The highest BCUT2D eigenvalue weighted by atomic mass is 35.5. The van der Waals surface area contributed by atoms with E-state index in [1.165, 1.54) is 5.56 Å². The smallest absolute Gasteiger partial charge is 0.255 e. The van der Waals surface area contributed by atoms with Gasteiger partial charge in [-0.2, -0.15) is 0 Å². The second kappa shape index (κ2) is 8.56. The quantitative estimate of drug-likeness (QED) is 0.354. The molecule has 0 spiro atoms. The number of nitrogens with zero attached hydrogens (tertiary/aromatic N) is 1. The number of anilines is 1. The van der Waals surface area contributed by atoms with Crippen molar-refractivity contribution in [3.05, 3.63) is 81.9 Å². The summed E-state index contributed by atoms with van der Waals surface area (Å²) in [6.45, 7) is 8.31. The van der Waals surface area contributed by atoms with Gasteiger partial charge in [0.25, 0.3) is 5.91 Å². The number of oxazole rings is 1. The number of nitrogens with one attached hydrogen (secondary N) is 1. The van der Waals surface area contributed by atoms with Gasteiger partial charge in [-0.25, -0.2) is 4.98 Å². The third-order valence-electron chi connectivity index (χ3n) is 5.54. The Kier molecular flexibility index (Phi) is 5.84. The number of carbonyl (C=O) groups is 1. The summed E-state index contributed by atoms with van der Waals surface area (Å²) in [5.41, 5.74) is 6.74. The fraction of sp³-hybridized carbons (Fsp3) is 0.231. The Balaban J connectivity index is 1.65. The Morgan fingerprint density at radius 2 is 1.81 bits per heavy atom. The van der Waals surface area contributed by atoms with Gasteiger partial charge < -0.3 is 9.73 Å². The Labute approximate surface area is 187 Å². The van der Waals surface area contributed by atoms with E-state index in [9.17, 15) is 4.79 Å². The van der Waals surface area contributed by atoms with Crippen LogP contribution in [-0.2, 0) is 0 Å². The van der Waals surface area contributed by atoms with Crippen LogP contribution in [0.4, 0.5) is 5.69 Å². The van der Waals surface area contributed by atoms with Gasteiger partial charge in [-0.1, -0.05) is 48.7 Å². The van der Waals surface area contributed by atoms with Crippen LogP contribution in [0.3, 0.4) is 0 Å². The maximum Gasteiger partial charge on any atom is 0.255 e. The van der Waals surface area contributed by atoms with E-state index in [-0.39, 0.29) is 5.91 Å². The molecule has 4 nitrogen and oxygen atoms in total. The van der Waals surface area contributed by atoms with Crippen LogP contribution in [0.1, 0.15) is 53.2 Å². The van der Waals surface area contributed by atoms with Crippen LogP contribution in [0.25, 0.3) is 22.6 Å². The van der Waals surface area contributed by atoms with Crippen molar-refractivity contribution in [3.8, 4) is 11.5 Å². The van der Waals surface area contributed by atoms with Gasteiger partial charge >= 0.3 is 0 Å². The van der Waals surface area contributed by atoms with Crippen LogP contribution in [0.15, 0.2) is 59.0 Å². The maximum atomic E-state index is 12.8. The number of hydrogen-bond acceptors (Lipinski definition) is 3. The summed E-state index contributed by atoms with van der Waals surface area (Å²) in [5.74, 6) is 0.753. The molecule has 0 saturated carbocycles. The van der Waals surface area contributed by atoms with Crippen molar-refractivity contribution in [1.29, 1.82) is 0 Å². The molecule has 1 aromatic heterocycles. The summed E-state index contributed by atoms with van der Waals surface area (Å²) in [4.78, 5) is 17.4. The highest BCUT2D eigenvalue weighted by Gasteiger charge is 2.14. The van der Waals surface area contributed by atoms with Crippen LogP contribution < -0.4 is 5.32 Å². The van der Waals surface area contributed by atoms with Crippen molar-refractivity contribution in [1.82, 2.24) is 4.98 Å². The lowest BCUT2D eigenvalue weighted by atomic mass is 9.98. The van der Waals surface area contributed by atoms with Crippen LogP contribution in [-0.4, -0.2) is 10.9 Å². The molecule has 0 aliphatic rings. The van der Waals surface area contributed by atoms with Gasteiger partial charge in [0.05, 0.1) is 10.7 Å². The predicted molar refractivity (Wildman–Crippen MR) is 127 cm³/mol. The molecular formula is C26H25ClN2O2. The van der Waals surface area contributed by atoms with Crippen molar-refractivity contribution < 1.29 is 9.21 Å². The fourth-order valence-corrected chi connectivity index (χ4v) is 3.83. The zero-order valence-electron chi connectivity index (χ0n) is 18.1. The van der Waals surface area contributed by atoms with Crippen LogP contribution in [0.2, 0.25) is 5.02 Å². The largest absolute Gasteiger partial charge is 0.436 e. The summed E-state index contributed by atoms with van der Waals surface area (Å²) in [6, 6.07) is 17.3. The van der Waals surface area contributed by atoms with Gasteiger partial charge in [0.15, 0.2) is 5.58 Å². The summed E-state index contributed by atoms with van der Waals surface area (Å²) < 4.78 is 5.97. The normalized spacial score (nSPS) is 12.2. The second-order valence-electron chi connectivity index (χ2n) is 8.08. The lowest BCUT2D eigenvalue weighted by Gasteiger charge is -2.10. The van der Waals surface area contributed by atoms with Crippen LogP contribution in [0.5, 0.6) is 0 Å². The molecule has 1 N–H and O–H groups in total. The van der Waals surface area contributed by atoms with Crippen LogP contribution >= 0.6 is 11.6 Å². The molecule has 5 heteroatoms. The molecule has 1 amide bonds. The molecular weight excluding hydrogens is 408 g/mol. The Morgan fingerprint density at radius 1 is 1.06 bits per heavy atom. The maximum absolute atomic E-state index is 12.8. The summed E-state index contributed by atoms with van der Waals surface area (Å²) >= 11 is 6.36. The van der Waals surface area contributed by atoms with Crippen molar-refractivity contribution in [2.45, 2.75) is 40.0 Å². The minimum absolute atomic E-state index is 0.207. The number of hydrogen-bond donors (Lipinski definition) is 1. The molecule has 31 heavy (non-hydrogen) atoms. The first-order valence-corrected chi connectivity index (χ1v) is 10.8. The number of fused-ring (bicyclic) bond motifs is 1. The molecule has 1 atom stereocenters. The molecule has 158 valence electrons. The van der Waals surface area contributed by atoms with Gasteiger partial charge in [0.1, 0.15) is 5.52 Å². The third kappa shape index (κ3) is 4.49. The van der Waals surface area contributed by atoms with Gasteiger partial charge in [0, 0.05) is 11.1 Å². The van der Waals surface area contributed by atoms with E-state index in [1.54, 1.807) is 12.1 Å². The van der Waals surface area contributed by atoms with Crippen molar-refractivity contribution in [2.75, 3.05) is 5.32 Å². The number of amides is 1. The number of carbonyl (C=O) groups excluding carboxylic acids is 1. The Bertz CT molecular complexity index is 1260. The second-order valence-corrected chi connectivity index (χ2v) is 8.49. The van der Waals surface area contributed by atoms with E-state index in [1.807, 2.05) is 44.2 Å². The van der Waals surface area contributed by atoms with Crippen LogP contribution in [0, 0.1) is 13.8 Å². The third-order valence-corrected chi connectivity index (χ3v) is 5.87. The first-order chi connectivity index (χ1) is 14.8. The zero-order chi connectivity index (χ0) is 22.1. The minimum Gasteiger partial charge on any atom is -0.436 e. The predicted octanol–water partition coefficient (Wildman–Crippen LogP) is 7.53. The van der Waals surface area contributed by atoms with E-state index < -0.39 is 0 Å². The SMILES string of the molecule is CC[C@@H](C)c1ccc2oc(-c3ccc(Cl)c(NC(=O)c4cc(C)cc(C)c4)c3)nc2c1. The lowest BCUT2D eigenvalue weighted by Crippen LogP contribution is -2.12. The Morgan fingerprint density at radius 3 is 2.52 bits per heavy atom. The average Bonchev–Trinajstić information content (AvgIpc) is 3.17. The molecule has 4 aromatic rings. The number of aryl methyl sites for hydroxylation is 2.